The van der Waals surface area contributed by atoms with Gasteiger partial charge in [0.25, 0.3) is 0 Å². The van der Waals surface area contributed by atoms with Crippen LogP contribution >= 0.6 is 0 Å². The molecular formula is C20H24N6O2. The molecule has 0 aliphatic carbocycles. The standard InChI is InChI=1S/C20H22N6O2.H2/c1-25-17-6-5-14(12-16(17)22-20(25)27)21-19-23-18-4-2-3-15(26(18)24-19)11-13-7-9-28-10-8-13;/h2-6,12-13H,7-11H2,1H3,(H,21,24)(H,22,27);1H. The largest absolute Gasteiger partial charge is 0.381 e. The maximum absolute atomic E-state index is 11.8. The minimum absolute atomic E-state index is 0. The summed E-state index contributed by atoms with van der Waals surface area (Å²) in [5.74, 6) is 1.16. The van der Waals surface area contributed by atoms with Gasteiger partial charge in [0.2, 0.25) is 5.95 Å². The molecule has 2 N–H and O–H groups in total. The number of rotatable bonds is 4. The minimum Gasteiger partial charge on any atom is -0.381 e. The van der Waals surface area contributed by atoms with Crippen LogP contribution in [0.25, 0.3) is 16.7 Å². The summed E-state index contributed by atoms with van der Waals surface area (Å²) < 4.78 is 8.97. The Labute approximate surface area is 162 Å². The number of anilines is 2. The molecule has 8 nitrogen and oxygen atoms in total. The van der Waals surface area contributed by atoms with Crippen molar-refractivity contribution in [3.8, 4) is 0 Å². The van der Waals surface area contributed by atoms with Crippen molar-refractivity contribution in [1.29, 1.82) is 0 Å². The fourth-order valence-electron chi connectivity index (χ4n) is 3.86. The molecule has 0 amide bonds. The molecule has 4 heterocycles. The fraction of sp³-hybridized carbons (Fsp3) is 0.350. The predicted octanol–water partition coefficient (Wildman–Crippen LogP) is 2.87. The maximum atomic E-state index is 11.8. The van der Waals surface area contributed by atoms with Crippen molar-refractivity contribution in [3.05, 3.63) is 52.6 Å². The second kappa shape index (κ2) is 6.79. The molecule has 0 saturated carbocycles. The van der Waals surface area contributed by atoms with Gasteiger partial charge >= 0.3 is 5.69 Å². The molecule has 3 aromatic heterocycles. The van der Waals surface area contributed by atoms with Gasteiger partial charge in [0, 0.05) is 33.1 Å². The van der Waals surface area contributed by atoms with Crippen molar-refractivity contribution < 1.29 is 6.16 Å². The predicted molar refractivity (Wildman–Crippen MR) is 109 cm³/mol. The number of hydrogen-bond acceptors (Lipinski definition) is 5. The molecular weight excluding hydrogens is 356 g/mol. The van der Waals surface area contributed by atoms with Crippen LogP contribution in [0.3, 0.4) is 0 Å². The first-order chi connectivity index (χ1) is 13.7. The molecule has 0 radical (unpaired) electrons. The van der Waals surface area contributed by atoms with Crippen LogP contribution in [0.5, 0.6) is 0 Å². The average molecular weight is 380 g/mol. The molecule has 1 fully saturated rings. The lowest BCUT2D eigenvalue weighted by atomic mass is 9.95. The summed E-state index contributed by atoms with van der Waals surface area (Å²) in [4.78, 5) is 19.2. The number of imidazole rings is 1. The summed E-state index contributed by atoms with van der Waals surface area (Å²) in [6.45, 7) is 1.68. The van der Waals surface area contributed by atoms with E-state index >= 15 is 0 Å². The highest BCUT2D eigenvalue weighted by Gasteiger charge is 2.17. The van der Waals surface area contributed by atoms with Crippen molar-refractivity contribution in [1.82, 2.24) is 24.1 Å². The van der Waals surface area contributed by atoms with E-state index in [2.05, 4.69) is 26.4 Å². The highest BCUT2D eigenvalue weighted by molar-refractivity contribution is 5.80. The maximum Gasteiger partial charge on any atom is 0.326 e. The highest BCUT2D eigenvalue weighted by atomic mass is 16.5. The highest BCUT2D eigenvalue weighted by Crippen LogP contribution is 2.22. The lowest BCUT2D eigenvalue weighted by Crippen LogP contribution is -2.18. The Balaban J connectivity index is 0.00000205. The first-order valence-corrected chi connectivity index (χ1v) is 9.55. The van der Waals surface area contributed by atoms with E-state index in [0.29, 0.717) is 11.9 Å². The zero-order valence-corrected chi connectivity index (χ0v) is 15.7. The number of hydrogen-bond donors (Lipinski definition) is 2. The normalized spacial score (nSPS) is 15.5. The van der Waals surface area contributed by atoms with Crippen molar-refractivity contribution >= 4 is 28.3 Å². The van der Waals surface area contributed by atoms with Crippen molar-refractivity contribution in [3.63, 3.8) is 0 Å². The lowest BCUT2D eigenvalue weighted by Gasteiger charge is -2.21. The first-order valence-electron chi connectivity index (χ1n) is 9.55. The summed E-state index contributed by atoms with van der Waals surface area (Å²) >= 11 is 0. The number of pyridine rings is 1. The smallest absolute Gasteiger partial charge is 0.326 e. The summed E-state index contributed by atoms with van der Waals surface area (Å²) in [6.07, 6.45) is 3.15. The molecule has 146 valence electrons. The quantitative estimate of drug-likeness (QED) is 0.568. The zero-order chi connectivity index (χ0) is 19.1. The van der Waals surface area contributed by atoms with E-state index in [-0.39, 0.29) is 7.12 Å². The molecule has 1 aliphatic heterocycles. The van der Waals surface area contributed by atoms with E-state index in [1.807, 2.05) is 34.8 Å². The van der Waals surface area contributed by atoms with Crippen LogP contribution in [0.1, 0.15) is 20.0 Å². The van der Waals surface area contributed by atoms with Gasteiger partial charge in [-0.3, -0.25) is 4.57 Å². The Hall–Kier alpha value is -3.13. The van der Waals surface area contributed by atoms with Crippen LogP contribution in [0.15, 0.2) is 41.2 Å². The monoisotopic (exact) mass is 380 g/mol. The molecule has 0 atom stereocenters. The van der Waals surface area contributed by atoms with E-state index in [1.54, 1.807) is 11.6 Å². The number of aromatic nitrogens is 5. The molecule has 0 spiro atoms. The van der Waals surface area contributed by atoms with E-state index in [1.165, 1.54) is 0 Å². The number of ether oxygens (including phenoxy) is 1. The van der Waals surface area contributed by atoms with Gasteiger partial charge in [-0.1, -0.05) is 6.07 Å². The zero-order valence-electron chi connectivity index (χ0n) is 15.7. The Kier molecular flexibility index (Phi) is 4.12. The number of fused-ring (bicyclic) bond motifs is 2. The van der Waals surface area contributed by atoms with Crippen molar-refractivity contribution in [2.24, 2.45) is 13.0 Å². The molecule has 1 saturated heterocycles. The molecule has 0 unspecified atom stereocenters. The second-order valence-corrected chi connectivity index (χ2v) is 7.33. The van der Waals surface area contributed by atoms with Gasteiger partial charge in [-0.2, -0.15) is 4.98 Å². The molecule has 1 aliphatic rings. The third-order valence-corrected chi connectivity index (χ3v) is 5.44. The number of H-pyrrole nitrogens is 1. The number of nitrogens with one attached hydrogen (secondary N) is 2. The van der Waals surface area contributed by atoms with Gasteiger partial charge in [-0.15, -0.1) is 5.10 Å². The number of nitrogens with zero attached hydrogens (tertiary/aromatic N) is 4. The minimum atomic E-state index is -0.129. The van der Waals surface area contributed by atoms with Crippen molar-refractivity contribution in [2.75, 3.05) is 18.5 Å². The summed E-state index contributed by atoms with van der Waals surface area (Å²) in [7, 11) is 1.75. The summed E-state index contributed by atoms with van der Waals surface area (Å²) in [5, 5.41) is 7.91. The summed E-state index contributed by atoms with van der Waals surface area (Å²) in [5.41, 5.74) is 4.32. The molecule has 0 bridgehead atoms. The average Bonchev–Trinajstić information content (AvgIpc) is 3.23. The number of aryl methyl sites for hydroxylation is 1. The number of benzene rings is 1. The molecule has 8 heteroatoms. The SMILES string of the molecule is Cn1c(=O)[nH]c2cc(Nc3nc4cccc(CC5CCOCC5)n4n3)ccc21.[HH]. The molecule has 4 aromatic rings. The Morgan fingerprint density at radius 2 is 2.14 bits per heavy atom. The van der Waals surface area contributed by atoms with Crippen LogP contribution in [0, 0.1) is 5.92 Å². The molecule has 28 heavy (non-hydrogen) atoms. The van der Waals surface area contributed by atoms with Gasteiger partial charge in [0.05, 0.1) is 11.0 Å². The fourth-order valence-corrected chi connectivity index (χ4v) is 3.86. The van der Waals surface area contributed by atoms with E-state index in [4.69, 9.17) is 4.74 Å². The van der Waals surface area contributed by atoms with Crippen LogP contribution in [0.2, 0.25) is 0 Å². The Morgan fingerprint density at radius 1 is 1.29 bits per heavy atom. The Morgan fingerprint density at radius 3 is 3.00 bits per heavy atom. The van der Waals surface area contributed by atoms with E-state index < -0.39 is 0 Å². The van der Waals surface area contributed by atoms with Crippen LogP contribution in [-0.4, -0.2) is 37.4 Å². The second-order valence-electron chi connectivity index (χ2n) is 7.33. The van der Waals surface area contributed by atoms with Gasteiger partial charge in [0.1, 0.15) is 0 Å². The number of aromatic amines is 1. The third-order valence-electron chi connectivity index (χ3n) is 5.44. The van der Waals surface area contributed by atoms with E-state index in [0.717, 1.165) is 60.5 Å². The molecule has 5 rings (SSSR count). The third kappa shape index (κ3) is 3.05. The van der Waals surface area contributed by atoms with Crippen LogP contribution < -0.4 is 11.0 Å². The van der Waals surface area contributed by atoms with Gasteiger partial charge in [-0.25, -0.2) is 9.31 Å². The molecule has 1 aromatic carbocycles. The van der Waals surface area contributed by atoms with Crippen LogP contribution in [0.4, 0.5) is 11.6 Å². The summed E-state index contributed by atoms with van der Waals surface area (Å²) in [6, 6.07) is 11.8. The topological polar surface area (TPSA) is 89.2 Å². The van der Waals surface area contributed by atoms with Crippen molar-refractivity contribution in [2.45, 2.75) is 19.3 Å². The van der Waals surface area contributed by atoms with Gasteiger partial charge in [-0.05, 0) is 55.5 Å². The van der Waals surface area contributed by atoms with E-state index in [9.17, 15) is 4.79 Å². The van der Waals surface area contributed by atoms with Gasteiger partial charge < -0.3 is 15.0 Å². The Bertz CT molecular complexity index is 1200. The first kappa shape index (κ1) is 17.0. The van der Waals surface area contributed by atoms with Gasteiger partial charge in [0.15, 0.2) is 5.65 Å². The van der Waals surface area contributed by atoms with Crippen LogP contribution in [-0.2, 0) is 18.2 Å². The lowest BCUT2D eigenvalue weighted by molar-refractivity contribution is 0.0661.